The average Bonchev–Trinajstić information content (AvgIpc) is 1.37. The Morgan fingerprint density at radius 2 is 2.25 bits per heavy atom. The molecular weight excluding hydrogens is 131 g/mol. The molecule has 0 saturated heterocycles. The van der Waals surface area contributed by atoms with E-state index in [-0.39, 0.29) is 0 Å². The summed E-state index contributed by atoms with van der Waals surface area (Å²) in [5.41, 5.74) is 0. The fraction of sp³-hybridized carbons (Fsp3) is 1.00. The van der Waals surface area contributed by atoms with Gasteiger partial charge < -0.3 is 0 Å². The average molecular weight is 136 g/mol. The van der Waals surface area contributed by atoms with Gasteiger partial charge in [0.2, 0.25) is 0 Å². The molecule has 4 heavy (non-hydrogen) atoms. The van der Waals surface area contributed by atoms with E-state index < -0.39 is 0 Å². The van der Waals surface area contributed by atoms with Crippen LogP contribution in [-0.2, 0) is 29.5 Å². The molecule has 23 valence electrons. The third-order valence-corrected chi connectivity index (χ3v) is 0.854. The number of hydrogen-bond acceptors (Lipinski definition) is 1. The summed E-state index contributed by atoms with van der Waals surface area (Å²) >= 11 is 1.45. The molecule has 0 aliphatic carbocycles. The second kappa shape index (κ2) is 3.84. The normalized spacial score (nSPS) is 7.00. The van der Waals surface area contributed by atoms with Gasteiger partial charge in [-0.3, -0.25) is 0 Å². The topological polar surface area (TPSA) is 9.23 Å². The Hall–Kier alpha value is 0.843. The zero-order valence-corrected chi connectivity index (χ0v) is 5.07. The van der Waals surface area contributed by atoms with Gasteiger partial charge in [-0.15, -0.1) is 0 Å². The molecule has 0 bridgehead atoms. The first kappa shape index (κ1) is 4.84. The van der Waals surface area contributed by atoms with E-state index in [1.807, 2.05) is 0 Å². The van der Waals surface area contributed by atoms with Crippen LogP contribution in [0.15, 0.2) is 0 Å². The number of hydrogen-bond donors (Lipinski definition) is 0. The first-order valence-corrected chi connectivity index (χ1v) is 2.79. The van der Waals surface area contributed by atoms with Crippen LogP contribution in [0.4, 0.5) is 0 Å². The number of methoxy groups -OCH3 is 1. The van der Waals surface area contributed by atoms with Crippen LogP contribution in [-0.4, -0.2) is 11.4 Å². The van der Waals surface area contributed by atoms with Crippen LogP contribution in [0.3, 0.4) is 0 Å². The summed E-state index contributed by atoms with van der Waals surface area (Å²) in [6.45, 7) is 0. The third kappa shape index (κ3) is 2.84. The van der Waals surface area contributed by atoms with Crippen molar-refractivity contribution in [3.63, 3.8) is 0 Å². The SMILES string of the molecule is CO[CH2][Zr]. The molecule has 0 aromatic heterocycles. The Morgan fingerprint density at radius 1 is 2.00 bits per heavy atom. The van der Waals surface area contributed by atoms with Gasteiger partial charge in [-0.05, 0) is 0 Å². The van der Waals surface area contributed by atoms with E-state index in [1.54, 1.807) is 7.11 Å². The van der Waals surface area contributed by atoms with E-state index in [0.717, 1.165) is 4.31 Å². The molecule has 0 radical (unpaired) electrons. The molecule has 0 N–H and O–H groups in total. The van der Waals surface area contributed by atoms with Crippen LogP contribution in [0, 0.1) is 0 Å². The van der Waals surface area contributed by atoms with Gasteiger partial charge in [-0.1, -0.05) is 0 Å². The van der Waals surface area contributed by atoms with E-state index in [9.17, 15) is 0 Å². The predicted molar refractivity (Wildman–Crippen MR) is 11.9 cm³/mol. The molecule has 0 amide bonds. The molecular formula is C2H5OZr. The molecule has 0 heterocycles. The van der Waals surface area contributed by atoms with Gasteiger partial charge in [0.1, 0.15) is 0 Å². The summed E-state index contributed by atoms with van der Waals surface area (Å²) in [6, 6.07) is 0. The van der Waals surface area contributed by atoms with E-state index in [0.29, 0.717) is 0 Å². The fourth-order valence-electron chi connectivity index (χ4n) is 0. The molecule has 0 unspecified atom stereocenters. The number of rotatable bonds is 1. The Bertz CT molecular complexity index is 8.00. The molecule has 0 saturated carbocycles. The number of ether oxygens (including phenoxy) is 1. The van der Waals surface area contributed by atoms with Crippen LogP contribution in [0.1, 0.15) is 0 Å². The van der Waals surface area contributed by atoms with Crippen molar-refractivity contribution < 1.29 is 29.5 Å². The van der Waals surface area contributed by atoms with Crippen molar-refractivity contribution in [2.75, 3.05) is 11.4 Å². The van der Waals surface area contributed by atoms with Gasteiger partial charge in [0.25, 0.3) is 0 Å². The van der Waals surface area contributed by atoms with Crippen LogP contribution < -0.4 is 0 Å². The van der Waals surface area contributed by atoms with Gasteiger partial charge >= 0.3 is 40.9 Å². The summed E-state index contributed by atoms with van der Waals surface area (Å²) < 4.78 is 5.49. The Morgan fingerprint density at radius 3 is 2.25 bits per heavy atom. The summed E-state index contributed by atoms with van der Waals surface area (Å²) in [7, 11) is 1.70. The van der Waals surface area contributed by atoms with Gasteiger partial charge in [0.15, 0.2) is 0 Å². The zero-order valence-electron chi connectivity index (χ0n) is 2.62. The Kier molecular flexibility index (Phi) is 4.65. The minimum atomic E-state index is 0.909. The van der Waals surface area contributed by atoms with Crippen molar-refractivity contribution in [2.45, 2.75) is 0 Å². The second-order valence-corrected chi connectivity index (χ2v) is 1.14. The van der Waals surface area contributed by atoms with Crippen molar-refractivity contribution in [1.29, 1.82) is 0 Å². The molecule has 0 fully saturated rings. The molecule has 0 rings (SSSR count). The van der Waals surface area contributed by atoms with Crippen LogP contribution in [0.25, 0.3) is 0 Å². The zero-order chi connectivity index (χ0) is 3.41. The summed E-state index contributed by atoms with van der Waals surface area (Å²) in [4.78, 5) is 0. The van der Waals surface area contributed by atoms with Crippen LogP contribution in [0.5, 0.6) is 0 Å². The van der Waals surface area contributed by atoms with E-state index in [1.165, 1.54) is 24.7 Å². The maximum atomic E-state index is 4.58. The first-order chi connectivity index (χ1) is 1.91. The minimum absolute atomic E-state index is 0.909. The van der Waals surface area contributed by atoms with E-state index in [2.05, 4.69) is 4.74 Å². The molecule has 2 heteroatoms. The fourth-order valence-corrected chi connectivity index (χ4v) is 0. The van der Waals surface area contributed by atoms with Gasteiger partial charge in [-0.25, -0.2) is 0 Å². The monoisotopic (exact) mass is 135 g/mol. The quantitative estimate of drug-likeness (QED) is 0.498. The van der Waals surface area contributed by atoms with Crippen molar-refractivity contribution >= 4 is 0 Å². The van der Waals surface area contributed by atoms with Crippen molar-refractivity contribution in [1.82, 2.24) is 0 Å². The molecule has 0 atom stereocenters. The molecule has 0 spiro atoms. The Balaban J connectivity index is 1.97. The van der Waals surface area contributed by atoms with Gasteiger partial charge in [-0.2, -0.15) is 0 Å². The van der Waals surface area contributed by atoms with E-state index in [4.69, 9.17) is 0 Å². The van der Waals surface area contributed by atoms with Gasteiger partial charge in [0, 0.05) is 0 Å². The van der Waals surface area contributed by atoms with Crippen molar-refractivity contribution in [3.05, 3.63) is 0 Å². The molecule has 1 nitrogen and oxygen atoms in total. The molecule has 0 aromatic rings. The Labute approximate surface area is 41.2 Å². The molecule has 0 aliphatic rings. The molecule has 0 aromatic carbocycles. The van der Waals surface area contributed by atoms with E-state index >= 15 is 0 Å². The predicted octanol–water partition coefficient (Wildman–Crippen LogP) is 0.137. The summed E-state index contributed by atoms with van der Waals surface area (Å²) in [5.74, 6) is 0. The summed E-state index contributed by atoms with van der Waals surface area (Å²) in [5, 5.41) is 0. The van der Waals surface area contributed by atoms with Crippen LogP contribution >= 0.6 is 0 Å². The first-order valence-electron chi connectivity index (χ1n) is 1.05. The maximum absolute atomic E-state index is 4.58. The van der Waals surface area contributed by atoms with Crippen molar-refractivity contribution in [3.8, 4) is 0 Å². The second-order valence-electron chi connectivity index (χ2n) is 0.433. The third-order valence-electron chi connectivity index (χ3n) is 0.144. The van der Waals surface area contributed by atoms with Crippen molar-refractivity contribution in [2.24, 2.45) is 0 Å². The standard InChI is InChI=1S/C2H5O.Zr/c1-3-2;/h1H2,2H3;. The van der Waals surface area contributed by atoms with Crippen LogP contribution in [0.2, 0.25) is 0 Å². The summed E-state index contributed by atoms with van der Waals surface area (Å²) in [6.07, 6.45) is 0. The van der Waals surface area contributed by atoms with Gasteiger partial charge in [0.05, 0.1) is 0 Å². The molecule has 0 aliphatic heterocycles.